The molecule has 0 aliphatic heterocycles. The van der Waals surface area contributed by atoms with Crippen LogP contribution in [0.25, 0.3) is 0 Å². The maximum absolute atomic E-state index is 14.1. The molecule has 0 aromatic heterocycles. The van der Waals surface area contributed by atoms with E-state index in [1.807, 2.05) is 38.1 Å². The fraction of sp³-hybridized carbons (Fsp3) is 0.250. The molecule has 100 valence electrons. The Morgan fingerprint density at radius 1 is 1.11 bits per heavy atom. The highest BCUT2D eigenvalue weighted by atomic mass is 19.1. The number of nitrogens with two attached hydrogens (primary N) is 1. The van der Waals surface area contributed by atoms with E-state index in [1.165, 1.54) is 13.2 Å². The minimum Gasteiger partial charge on any atom is -0.497 e. The molecule has 2 rings (SSSR count). The standard InChI is InChI=1S/C16H18FNO/c1-11-4-6-12(7-5-11)16(2,18)14-9-8-13(19-3)10-15(14)17/h4-10H,18H2,1-3H3. The predicted molar refractivity (Wildman–Crippen MR) is 74.8 cm³/mol. The first-order chi connectivity index (χ1) is 8.95. The van der Waals surface area contributed by atoms with Crippen molar-refractivity contribution in [1.29, 1.82) is 0 Å². The molecule has 2 N–H and O–H groups in total. The molecular formula is C16H18FNO. The molecule has 0 aliphatic rings. The molecule has 0 aliphatic carbocycles. The van der Waals surface area contributed by atoms with Gasteiger partial charge in [0, 0.05) is 11.6 Å². The van der Waals surface area contributed by atoms with Crippen LogP contribution >= 0.6 is 0 Å². The Morgan fingerprint density at radius 2 is 1.74 bits per heavy atom. The van der Waals surface area contributed by atoms with E-state index < -0.39 is 5.54 Å². The van der Waals surface area contributed by atoms with Gasteiger partial charge in [-0.25, -0.2) is 4.39 Å². The average Bonchev–Trinajstić information content (AvgIpc) is 2.38. The fourth-order valence-electron chi connectivity index (χ4n) is 2.10. The zero-order valence-electron chi connectivity index (χ0n) is 11.4. The molecule has 2 nitrogen and oxygen atoms in total. The van der Waals surface area contributed by atoms with Gasteiger partial charge in [0.25, 0.3) is 0 Å². The van der Waals surface area contributed by atoms with Crippen molar-refractivity contribution < 1.29 is 9.13 Å². The molecule has 3 heteroatoms. The second-order valence-corrected chi connectivity index (χ2v) is 4.91. The van der Waals surface area contributed by atoms with E-state index >= 15 is 0 Å². The van der Waals surface area contributed by atoms with Crippen LogP contribution in [0.15, 0.2) is 42.5 Å². The number of hydrogen-bond acceptors (Lipinski definition) is 2. The topological polar surface area (TPSA) is 35.2 Å². The van der Waals surface area contributed by atoms with Crippen LogP contribution < -0.4 is 10.5 Å². The van der Waals surface area contributed by atoms with Gasteiger partial charge in [-0.2, -0.15) is 0 Å². The average molecular weight is 259 g/mol. The van der Waals surface area contributed by atoms with Crippen LogP contribution in [0.3, 0.4) is 0 Å². The van der Waals surface area contributed by atoms with E-state index in [-0.39, 0.29) is 5.82 Å². The van der Waals surface area contributed by atoms with E-state index in [4.69, 9.17) is 10.5 Å². The number of hydrogen-bond donors (Lipinski definition) is 1. The summed E-state index contributed by atoms with van der Waals surface area (Å²) in [6, 6.07) is 12.6. The smallest absolute Gasteiger partial charge is 0.132 e. The second kappa shape index (κ2) is 5.02. The lowest BCUT2D eigenvalue weighted by molar-refractivity contribution is 0.409. The molecule has 0 radical (unpaired) electrons. The highest BCUT2D eigenvalue weighted by molar-refractivity contribution is 5.41. The molecule has 1 unspecified atom stereocenters. The van der Waals surface area contributed by atoms with Crippen molar-refractivity contribution in [2.24, 2.45) is 5.73 Å². The number of rotatable bonds is 3. The molecule has 2 aromatic carbocycles. The van der Waals surface area contributed by atoms with Crippen LogP contribution in [0.5, 0.6) is 5.75 Å². The predicted octanol–water partition coefficient (Wildman–Crippen LogP) is 3.36. The summed E-state index contributed by atoms with van der Waals surface area (Å²) in [5, 5.41) is 0. The Kier molecular flexibility index (Phi) is 3.58. The third-order valence-corrected chi connectivity index (χ3v) is 3.39. The summed E-state index contributed by atoms with van der Waals surface area (Å²) < 4.78 is 19.1. The van der Waals surface area contributed by atoms with Gasteiger partial charge in [-0.05, 0) is 25.5 Å². The van der Waals surface area contributed by atoms with Crippen LogP contribution in [-0.2, 0) is 5.54 Å². The van der Waals surface area contributed by atoms with Gasteiger partial charge in [0.1, 0.15) is 11.6 Å². The van der Waals surface area contributed by atoms with Gasteiger partial charge >= 0.3 is 0 Å². The largest absolute Gasteiger partial charge is 0.497 e. The summed E-state index contributed by atoms with van der Waals surface area (Å²) in [6.07, 6.45) is 0. The fourth-order valence-corrected chi connectivity index (χ4v) is 2.10. The van der Waals surface area contributed by atoms with Crippen molar-refractivity contribution in [2.45, 2.75) is 19.4 Å². The first kappa shape index (κ1) is 13.6. The van der Waals surface area contributed by atoms with Gasteiger partial charge in [-0.1, -0.05) is 35.9 Å². The van der Waals surface area contributed by atoms with E-state index in [2.05, 4.69) is 0 Å². The molecule has 0 spiro atoms. The van der Waals surface area contributed by atoms with Gasteiger partial charge in [0.15, 0.2) is 0 Å². The molecule has 0 fully saturated rings. The lowest BCUT2D eigenvalue weighted by Gasteiger charge is -2.26. The first-order valence-corrected chi connectivity index (χ1v) is 6.15. The van der Waals surface area contributed by atoms with E-state index in [1.54, 1.807) is 12.1 Å². The Balaban J connectivity index is 2.46. The van der Waals surface area contributed by atoms with E-state index in [0.717, 1.165) is 11.1 Å². The molecule has 0 saturated carbocycles. The summed E-state index contributed by atoms with van der Waals surface area (Å²) in [5.74, 6) is 0.130. The zero-order chi connectivity index (χ0) is 14.0. The van der Waals surface area contributed by atoms with Gasteiger partial charge in [0.2, 0.25) is 0 Å². The summed E-state index contributed by atoms with van der Waals surface area (Å²) in [7, 11) is 1.51. The molecule has 19 heavy (non-hydrogen) atoms. The normalized spacial score (nSPS) is 13.9. The Bertz CT molecular complexity index is 576. The molecule has 1 atom stereocenters. The monoisotopic (exact) mass is 259 g/mol. The van der Waals surface area contributed by atoms with Crippen molar-refractivity contribution in [3.63, 3.8) is 0 Å². The van der Waals surface area contributed by atoms with Crippen LogP contribution in [0.4, 0.5) is 4.39 Å². The molecule has 0 amide bonds. The van der Waals surface area contributed by atoms with Gasteiger partial charge in [-0.15, -0.1) is 0 Å². The number of ether oxygens (including phenoxy) is 1. The first-order valence-electron chi connectivity index (χ1n) is 6.15. The van der Waals surface area contributed by atoms with Crippen molar-refractivity contribution in [3.05, 3.63) is 65.0 Å². The second-order valence-electron chi connectivity index (χ2n) is 4.91. The van der Waals surface area contributed by atoms with Gasteiger partial charge in [0.05, 0.1) is 12.6 Å². The number of halogens is 1. The molecule has 0 bridgehead atoms. The Labute approximate surface area is 113 Å². The van der Waals surface area contributed by atoms with Gasteiger partial charge in [-0.3, -0.25) is 0 Å². The summed E-state index contributed by atoms with van der Waals surface area (Å²) in [6.45, 7) is 3.81. The van der Waals surface area contributed by atoms with Crippen LogP contribution in [0, 0.1) is 12.7 Å². The Hall–Kier alpha value is -1.87. The maximum atomic E-state index is 14.1. The quantitative estimate of drug-likeness (QED) is 0.917. The minimum atomic E-state index is -0.871. The highest BCUT2D eigenvalue weighted by Gasteiger charge is 2.27. The lowest BCUT2D eigenvalue weighted by Crippen LogP contribution is -2.35. The number of aryl methyl sites for hydroxylation is 1. The molecule has 0 heterocycles. The van der Waals surface area contributed by atoms with Crippen LogP contribution in [0.1, 0.15) is 23.6 Å². The summed E-state index contributed by atoms with van der Waals surface area (Å²) in [5.41, 5.74) is 7.93. The van der Waals surface area contributed by atoms with Crippen molar-refractivity contribution in [1.82, 2.24) is 0 Å². The van der Waals surface area contributed by atoms with Crippen LogP contribution in [-0.4, -0.2) is 7.11 Å². The summed E-state index contributed by atoms with van der Waals surface area (Å²) in [4.78, 5) is 0. The lowest BCUT2D eigenvalue weighted by atomic mass is 9.85. The van der Waals surface area contributed by atoms with Crippen molar-refractivity contribution in [2.75, 3.05) is 7.11 Å². The van der Waals surface area contributed by atoms with Crippen molar-refractivity contribution >= 4 is 0 Å². The van der Waals surface area contributed by atoms with Gasteiger partial charge < -0.3 is 10.5 Å². The third-order valence-electron chi connectivity index (χ3n) is 3.39. The van der Waals surface area contributed by atoms with E-state index in [0.29, 0.717) is 11.3 Å². The third kappa shape index (κ3) is 2.61. The number of benzene rings is 2. The molecule has 2 aromatic rings. The summed E-state index contributed by atoms with van der Waals surface area (Å²) >= 11 is 0. The molecule has 0 saturated heterocycles. The molecular weight excluding hydrogens is 241 g/mol. The maximum Gasteiger partial charge on any atom is 0.132 e. The van der Waals surface area contributed by atoms with Crippen LogP contribution in [0.2, 0.25) is 0 Å². The minimum absolute atomic E-state index is 0.357. The van der Waals surface area contributed by atoms with Crippen molar-refractivity contribution in [3.8, 4) is 5.75 Å². The van der Waals surface area contributed by atoms with E-state index in [9.17, 15) is 4.39 Å². The Morgan fingerprint density at radius 3 is 2.26 bits per heavy atom. The SMILES string of the molecule is COc1ccc(C(C)(N)c2ccc(C)cc2)c(F)c1. The number of methoxy groups -OCH3 is 1. The highest BCUT2D eigenvalue weighted by Crippen LogP contribution is 2.30. The zero-order valence-corrected chi connectivity index (χ0v) is 11.4.